The van der Waals surface area contributed by atoms with Crippen LogP contribution in [0.25, 0.3) is 0 Å². The topological polar surface area (TPSA) is 270 Å². The fraction of sp³-hybridized carbons (Fsp3) is 0.500. The van der Waals surface area contributed by atoms with Gasteiger partial charge in [0.15, 0.2) is 11.8 Å². The van der Waals surface area contributed by atoms with Crippen molar-refractivity contribution < 1.29 is 60.6 Å². The van der Waals surface area contributed by atoms with Crippen LogP contribution in [0.4, 0.5) is 4.39 Å². The maximum Gasteiger partial charge on any atom is 0.490 e. The first-order valence-corrected chi connectivity index (χ1v) is 13.3. The number of halogens is 2. The number of aromatic nitrogens is 2. The van der Waals surface area contributed by atoms with Crippen LogP contribution in [0.1, 0.15) is 13.2 Å². The molecule has 1 aromatic rings. The number of aromatic amines is 1. The van der Waals surface area contributed by atoms with E-state index in [9.17, 15) is 42.6 Å². The summed E-state index contributed by atoms with van der Waals surface area (Å²) in [5.74, 6) is 0.672. The Morgan fingerprint density at radius 1 is 1.26 bits per heavy atom. The van der Waals surface area contributed by atoms with Gasteiger partial charge in [-0.3, -0.25) is 18.9 Å². The van der Waals surface area contributed by atoms with Crippen molar-refractivity contribution in [1.29, 1.82) is 0 Å². The number of nitrogens with one attached hydrogen (secondary N) is 1. The first kappa shape index (κ1) is 29.0. The molecule has 0 radical (unpaired) electrons. The van der Waals surface area contributed by atoms with Gasteiger partial charge < -0.3 is 35.2 Å². The van der Waals surface area contributed by atoms with Gasteiger partial charge in [0.25, 0.3) is 5.56 Å². The molecule has 0 spiro atoms. The number of aliphatic hydroxyl groups excluding tert-OH is 1. The maximum absolute atomic E-state index is 13.7. The molecule has 0 aliphatic carbocycles. The molecule has 3 unspecified atom stereocenters. The third kappa shape index (κ3) is 6.70. The molecule has 0 amide bonds. The third-order valence-electron chi connectivity index (χ3n) is 4.11. The lowest BCUT2D eigenvalue weighted by molar-refractivity contribution is -0.0757. The van der Waals surface area contributed by atoms with Crippen molar-refractivity contribution in [1.82, 2.24) is 9.55 Å². The predicted octanol–water partition coefficient (Wildman–Crippen LogP) is -1.44. The van der Waals surface area contributed by atoms with Gasteiger partial charge in [0, 0.05) is 5.38 Å². The Hall–Kier alpha value is -1.25. The van der Waals surface area contributed by atoms with Crippen molar-refractivity contribution in [3.63, 3.8) is 0 Å². The summed E-state index contributed by atoms with van der Waals surface area (Å²) in [6, 6.07) is 0. The molecule has 1 saturated heterocycles. The molecule has 1 fully saturated rings. The molecule has 1 aromatic heterocycles. The number of phosphoric acid groups is 3. The molecule has 34 heavy (non-hydrogen) atoms. The average Bonchev–Trinajstić information content (AvgIpc) is 2.86. The molecule has 0 aromatic carbocycles. The van der Waals surface area contributed by atoms with Crippen LogP contribution in [-0.4, -0.2) is 58.1 Å². The molecule has 17 nitrogen and oxygen atoms in total. The minimum atomic E-state index is -5.84. The Balaban J connectivity index is 2.36. The number of hydrogen-bond acceptors (Lipinski definition) is 11. The SMILES string of the molecule is C[C@H](OP(=O)(O)OP(=O)(O)OP(=O)(O)O)[C@H]1O[C@@H](n2cc(F)c(=O)[nH]c2=O)C(N)(C#CCl)[C@H]1O. The van der Waals surface area contributed by atoms with E-state index in [1.54, 1.807) is 4.98 Å². The van der Waals surface area contributed by atoms with E-state index in [1.165, 1.54) is 0 Å². The van der Waals surface area contributed by atoms with E-state index in [-0.39, 0.29) is 0 Å². The van der Waals surface area contributed by atoms with Gasteiger partial charge in [-0.1, -0.05) is 5.92 Å². The van der Waals surface area contributed by atoms with Gasteiger partial charge in [0.1, 0.15) is 12.2 Å². The Morgan fingerprint density at radius 3 is 2.38 bits per heavy atom. The molecule has 1 aliphatic heterocycles. The minimum absolute atomic E-state index is 0.380. The lowest BCUT2D eigenvalue weighted by atomic mass is 9.90. The summed E-state index contributed by atoms with van der Waals surface area (Å²) in [6.07, 6.45) is -7.09. The van der Waals surface area contributed by atoms with Gasteiger partial charge in [-0.2, -0.15) is 13.0 Å². The summed E-state index contributed by atoms with van der Waals surface area (Å²) in [6.45, 7) is 0.944. The summed E-state index contributed by atoms with van der Waals surface area (Å²) in [4.78, 5) is 61.0. The van der Waals surface area contributed by atoms with E-state index in [0.29, 0.717) is 10.8 Å². The molecular weight excluding hydrogens is 558 g/mol. The molecule has 22 heteroatoms. The van der Waals surface area contributed by atoms with Gasteiger partial charge in [0.05, 0.1) is 12.3 Å². The number of rotatable bonds is 8. The van der Waals surface area contributed by atoms with Crippen LogP contribution in [-0.2, 0) is 31.6 Å². The van der Waals surface area contributed by atoms with Gasteiger partial charge in [-0.25, -0.2) is 18.5 Å². The zero-order valence-electron chi connectivity index (χ0n) is 16.4. The molecule has 2 heterocycles. The maximum atomic E-state index is 13.7. The Morgan fingerprint density at radius 2 is 1.85 bits per heavy atom. The summed E-state index contributed by atoms with van der Waals surface area (Å²) in [5, 5.41) is 12.5. The minimum Gasteiger partial charge on any atom is -0.387 e. The molecule has 192 valence electrons. The molecule has 0 saturated carbocycles. The number of ether oxygens (including phenoxy) is 1. The van der Waals surface area contributed by atoms with Crippen LogP contribution in [0.3, 0.4) is 0 Å². The van der Waals surface area contributed by atoms with Crippen molar-refractivity contribution in [3.05, 3.63) is 32.9 Å². The van der Waals surface area contributed by atoms with E-state index >= 15 is 0 Å². The van der Waals surface area contributed by atoms with Crippen LogP contribution < -0.4 is 17.0 Å². The summed E-state index contributed by atoms with van der Waals surface area (Å²) < 4.78 is 65.4. The van der Waals surface area contributed by atoms with E-state index in [1.807, 2.05) is 5.38 Å². The second-order valence-electron chi connectivity index (χ2n) is 6.60. The smallest absolute Gasteiger partial charge is 0.387 e. The molecule has 7 atom stereocenters. The second kappa shape index (κ2) is 10.0. The van der Waals surface area contributed by atoms with Gasteiger partial charge in [-0.05, 0) is 18.5 Å². The first-order valence-electron chi connectivity index (χ1n) is 8.40. The van der Waals surface area contributed by atoms with Crippen molar-refractivity contribution in [2.45, 2.75) is 37.0 Å². The van der Waals surface area contributed by atoms with Crippen LogP contribution >= 0.6 is 35.1 Å². The molecule has 1 aliphatic rings. The molecular formula is C12H16ClFN3O14P3. The average molecular weight is 574 g/mol. The largest absolute Gasteiger partial charge is 0.490 e. The van der Waals surface area contributed by atoms with E-state index in [2.05, 4.69) is 19.1 Å². The third-order valence-corrected chi connectivity index (χ3v) is 8.13. The number of nitrogens with two attached hydrogens (primary N) is 1. The number of aliphatic hydroxyl groups is 1. The van der Waals surface area contributed by atoms with Gasteiger partial charge in [0.2, 0.25) is 5.82 Å². The van der Waals surface area contributed by atoms with Crippen molar-refractivity contribution in [2.24, 2.45) is 5.73 Å². The van der Waals surface area contributed by atoms with E-state index < -0.39 is 70.6 Å². The fourth-order valence-electron chi connectivity index (χ4n) is 2.84. The lowest BCUT2D eigenvalue weighted by Crippen LogP contribution is -2.55. The standard InChI is InChI=1S/C12H16ClFN3O14P3/c1-5(29-33(24,25)31-34(26,27)30-32(21,22)23)7-8(18)12(15,2-3-13)10(28-7)17-4-6(14)9(19)16-11(17)20/h4-5,7-8,10,18H,15H2,1H3,(H,24,25)(H,26,27)(H,16,19,20)(H2,21,22,23)/t5-,7+,8-,10+,12?/m0/s1. The van der Waals surface area contributed by atoms with Crippen LogP contribution in [0.2, 0.25) is 0 Å². The zero-order chi connectivity index (χ0) is 26.3. The van der Waals surface area contributed by atoms with Crippen molar-refractivity contribution >= 4 is 35.1 Å². The lowest BCUT2D eigenvalue weighted by Gasteiger charge is -2.28. The van der Waals surface area contributed by atoms with Crippen LogP contribution in [0, 0.1) is 17.1 Å². The number of phosphoric ester groups is 1. The molecule has 8 N–H and O–H groups in total. The monoisotopic (exact) mass is 573 g/mol. The quantitative estimate of drug-likeness (QED) is 0.139. The van der Waals surface area contributed by atoms with Crippen LogP contribution in [0.5, 0.6) is 0 Å². The number of H-pyrrole nitrogens is 1. The summed E-state index contributed by atoms with van der Waals surface area (Å²) in [7, 11) is -17.1. The number of hydrogen-bond donors (Lipinski definition) is 7. The second-order valence-corrected chi connectivity index (χ2v) is 11.2. The first-order chi connectivity index (χ1) is 15.3. The zero-order valence-corrected chi connectivity index (χ0v) is 19.9. The summed E-state index contributed by atoms with van der Waals surface area (Å²) >= 11 is 5.35. The number of nitrogens with zero attached hydrogens (tertiary/aromatic N) is 1. The Kier molecular flexibility index (Phi) is 8.54. The Bertz CT molecular complexity index is 1270. The highest BCUT2D eigenvalue weighted by molar-refractivity contribution is 7.66. The van der Waals surface area contributed by atoms with Crippen molar-refractivity contribution in [2.75, 3.05) is 0 Å². The molecule has 2 rings (SSSR count). The molecule has 0 bridgehead atoms. The highest BCUT2D eigenvalue weighted by Gasteiger charge is 2.57. The van der Waals surface area contributed by atoms with Crippen molar-refractivity contribution in [3.8, 4) is 11.3 Å². The predicted molar refractivity (Wildman–Crippen MR) is 106 cm³/mol. The van der Waals surface area contributed by atoms with Crippen LogP contribution in [0.15, 0.2) is 15.8 Å². The fourth-order valence-corrected chi connectivity index (χ4v) is 6.20. The highest BCUT2D eigenvalue weighted by atomic mass is 35.5. The Labute approximate surface area is 192 Å². The highest BCUT2D eigenvalue weighted by Crippen LogP contribution is 2.66. The van der Waals surface area contributed by atoms with Gasteiger partial charge in [-0.15, -0.1) is 0 Å². The normalized spacial score (nSPS) is 29.5. The van der Waals surface area contributed by atoms with E-state index in [0.717, 1.165) is 6.92 Å². The summed E-state index contributed by atoms with van der Waals surface area (Å²) in [5.41, 5.74) is 1.04. The van der Waals surface area contributed by atoms with E-state index in [4.69, 9.17) is 31.9 Å². The van der Waals surface area contributed by atoms with Gasteiger partial charge >= 0.3 is 29.2 Å².